The molecule has 0 spiro atoms. The minimum absolute atomic E-state index is 0.00492. The normalized spacial score (nSPS) is 26.9. The van der Waals surface area contributed by atoms with Crippen molar-refractivity contribution >= 4 is 40.1 Å². The first-order valence-electron chi connectivity index (χ1n) is 11.1. The highest BCUT2D eigenvalue weighted by atomic mass is 35.5. The first kappa shape index (κ1) is 26.0. The van der Waals surface area contributed by atoms with Gasteiger partial charge in [-0.25, -0.2) is 9.97 Å². The summed E-state index contributed by atoms with van der Waals surface area (Å²) in [6.45, 7) is 4.86. The Labute approximate surface area is 209 Å². The molecule has 4 heterocycles. The fourth-order valence-corrected chi connectivity index (χ4v) is 4.75. The number of aromatic nitrogens is 6. The Morgan fingerprint density at radius 3 is 2.39 bits per heavy atom. The molecule has 14 heteroatoms. The zero-order valence-electron chi connectivity index (χ0n) is 19.9. The van der Waals surface area contributed by atoms with Crippen molar-refractivity contribution in [3.63, 3.8) is 0 Å². The number of hydrogen-bond donors (Lipinski definition) is 3. The van der Waals surface area contributed by atoms with Crippen LogP contribution in [0, 0.1) is 0 Å². The van der Waals surface area contributed by atoms with E-state index < -0.39 is 47.0 Å². The average molecular weight is 521 g/mol. The van der Waals surface area contributed by atoms with Gasteiger partial charge in [0.1, 0.15) is 18.0 Å². The van der Waals surface area contributed by atoms with Crippen molar-refractivity contribution in [2.45, 2.75) is 70.2 Å². The van der Waals surface area contributed by atoms with E-state index in [2.05, 4.69) is 19.9 Å². The summed E-state index contributed by atoms with van der Waals surface area (Å²) in [4.78, 5) is 54.4. The molecule has 3 aromatic rings. The molecule has 1 aliphatic rings. The third kappa shape index (κ3) is 3.58. The zero-order chi connectivity index (χ0) is 26.6. The minimum atomic E-state index is -2.97. The Bertz CT molecular complexity index is 1370. The molecule has 0 aliphatic carbocycles. The molecule has 1 unspecified atom stereocenters. The van der Waals surface area contributed by atoms with Crippen LogP contribution in [0.4, 0.5) is 0 Å². The van der Waals surface area contributed by atoms with E-state index in [9.17, 15) is 29.7 Å². The molecule has 0 bridgehead atoms. The monoisotopic (exact) mass is 520 g/mol. The first-order chi connectivity index (χ1) is 16.9. The number of carbonyl (C=O) groups is 3. The van der Waals surface area contributed by atoms with Crippen molar-refractivity contribution in [3.8, 4) is 5.82 Å². The Hall–Kier alpha value is -3.10. The molecule has 1 fully saturated rings. The van der Waals surface area contributed by atoms with Crippen molar-refractivity contribution in [3.05, 3.63) is 29.8 Å². The number of ether oxygens (including phenoxy) is 1. The molecule has 13 nitrogen and oxygen atoms in total. The minimum Gasteiger partial charge on any atom is -0.382 e. The van der Waals surface area contributed by atoms with Crippen molar-refractivity contribution in [1.82, 2.24) is 29.1 Å². The van der Waals surface area contributed by atoms with Gasteiger partial charge in [0.15, 0.2) is 46.2 Å². The van der Waals surface area contributed by atoms with Crippen LogP contribution in [0.2, 0.25) is 5.28 Å². The molecule has 192 valence electrons. The smallest absolute Gasteiger partial charge is 0.226 e. The lowest BCUT2D eigenvalue weighted by molar-refractivity contribution is -0.184. The summed E-state index contributed by atoms with van der Waals surface area (Å²) >= 11 is 6.21. The van der Waals surface area contributed by atoms with Crippen LogP contribution in [0.3, 0.4) is 0 Å². The van der Waals surface area contributed by atoms with Crippen LogP contribution in [0.25, 0.3) is 17.0 Å². The number of hydrogen-bond acceptors (Lipinski definition) is 11. The predicted octanol–water partition coefficient (Wildman–Crippen LogP) is 0.105. The lowest BCUT2D eigenvalue weighted by atomic mass is 9.73. The summed E-state index contributed by atoms with van der Waals surface area (Å²) in [6, 6.07) is 0. The lowest BCUT2D eigenvalue weighted by Gasteiger charge is -2.37. The lowest BCUT2D eigenvalue weighted by Crippen LogP contribution is -2.67. The van der Waals surface area contributed by atoms with Gasteiger partial charge in [0.05, 0.1) is 6.33 Å². The van der Waals surface area contributed by atoms with E-state index in [1.54, 1.807) is 17.0 Å². The van der Waals surface area contributed by atoms with Crippen LogP contribution < -0.4 is 0 Å². The van der Waals surface area contributed by atoms with Crippen molar-refractivity contribution in [2.24, 2.45) is 0 Å². The van der Waals surface area contributed by atoms with Gasteiger partial charge in [0, 0.05) is 18.8 Å². The first-order valence-corrected chi connectivity index (χ1v) is 11.5. The number of ketones is 3. The number of Topliss-reactive ketones (excluding diaryl/α,β-unsaturated/α-hetero) is 3. The second kappa shape index (κ2) is 9.09. The SMILES string of the molecule is CCCc1nccn1-c1nc(Cl)nc2c1ncn2[C@@H]1O[C@H](C(O)C(C)=O)[C@](O)(C(C)=O)[C@]1(O)C(C)=O. The summed E-state index contributed by atoms with van der Waals surface area (Å²) < 4.78 is 8.48. The van der Waals surface area contributed by atoms with Gasteiger partial charge in [-0.1, -0.05) is 6.92 Å². The van der Waals surface area contributed by atoms with E-state index in [1.807, 2.05) is 6.92 Å². The highest BCUT2D eigenvalue weighted by Gasteiger charge is 2.73. The Morgan fingerprint density at radius 2 is 1.81 bits per heavy atom. The highest BCUT2D eigenvalue weighted by molar-refractivity contribution is 6.28. The van der Waals surface area contributed by atoms with Crippen LogP contribution in [0.15, 0.2) is 18.7 Å². The van der Waals surface area contributed by atoms with Crippen LogP contribution in [-0.2, 0) is 25.5 Å². The topological polar surface area (TPSA) is 183 Å². The molecule has 3 aromatic heterocycles. The molecule has 4 rings (SSSR count). The average Bonchev–Trinajstić information content (AvgIpc) is 3.50. The van der Waals surface area contributed by atoms with Gasteiger partial charge in [0.25, 0.3) is 0 Å². The van der Waals surface area contributed by atoms with Crippen molar-refractivity contribution < 1.29 is 34.4 Å². The molecule has 1 aliphatic heterocycles. The number of carbonyl (C=O) groups excluding carboxylic acids is 3. The number of aliphatic hydroxyl groups is 3. The van der Waals surface area contributed by atoms with E-state index in [0.29, 0.717) is 12.2 Å². The third-order valence-corrected chi connectivity index (χ3v) is 6.62. The van der Waals surface area contributed by atoms with E-state index in [-0.39, 0.29) is 22.3 Å². The Kier molecular flexibility index (Phi) is 6.56. The van der Waals surface area contributed by atoms with E-state index in [0.717, 1.165) is 38.1 Å². The molecule has 3 N–H and O–H groups in total. The number of aliphatic hydroxyl groups excluding tert-OH is 1. The maximum atomic E-state index is 12.8. The maximum absolute atomic E-state index is 12.8. The van der Waals surface area contributed by atoms with E-state index in [1.165, 1.54) is 0 Å². The maximum Gasteiger partial charge on any atom is 0.226 e. The quantitative estimate of drug-likeness (QED) is 0.342. The molecule has 5 atom stereocenters. The number of imidazole rings is 2. The standard InChI is InChI=1S/C22H25ClN6O7/c1-5-6-13-24-7-8-28(13)17-14-18(27-20(23)26-17)29(9-25-14)19-22(35,12(4)32)21(34,11(3)31)16(36-19)15(33)10(2)30/h7-9,15-16,19,33-35H,5-6H2,1-4H3/t15?,16-,19-,21-,22+/m1/s1. The summed E-state index contributed by atoms with van der Waals surface area (Å²) in [5.74, 6) is -2.05. The van der Waals surface area contributed by atoms with Gasteiger partial charge in [-0.15, -0.1) is 0 Å². The van der Waals surface area contributed by atoms with Crippen LogP contribution in [-0.4, -0.2) is 85.1 Å². The van der Waals surface area contributed by atoms with Crippen molar-refractivity contribution in [2.75, 3.05) is 0 Å². The number of halogens is 1. The number of aryl methyl sites for hydroxylation is 1. The molecule has 0 amide bonds. The van der Waals surface area contributed by atoms with Gasteiger partial charge in [-0.3, -0.25) is 23.5 Å². The second-order valence-corrected chi connectivity index (χ2v) is 9.05. The Balaban J connectivity index is 1.96. The number of rotatable bonds is 8. The molecule has 1 saturated heterocycles. The number of fused-ring (bicyclic) bond motifs is 1. The van der Waals surface area contributed by atoms with E-state index in [4.69, 9.17) is 16.3 Å². The van der Waals surface area contributed by atoms with Gasteiger partial charge in [0.2, 0.25) is 10.9 Å². The molecule has 0 aromatic carbocycles. The molecular weight excluding hydrogens is 496 g/mol. The molecule has 0 saturated carbocycles. The highest BCUT2D eigenvalue weighted by Crippen LogP contribution is 2.49. The van der Waals surface area contributed by atoms with Gasteiger partial charge >= 0.3 is 0 Å². The van der Waals surface area contributed by atoms with Gasteiger partial charge in [-0.05, 0) is 38.8 Å². The molecule has 36 heavy (non-hydrogen) atoms. The number of nitrogens with zero attached hydrogens (tertiary/aromatic N) is 6. The van der Waals surface area contributed by atoms with Crippen LogP contribution in [0.5, 0.6) is 0 Å². The molecular formula is C22H25ClN6O7. The fraction of sp³-hybridized carbons (Fsp3) is 0.500. The Morgan fingerprint density at radius 1 is 1.14 bits per heavy atom. The summed E-state index contributed by atoms with van der Waals surface area (Å²) in [6.07, 6.45) is 0.0296. The predicted molar refractivity (Wildman–Crippen MR) is 123 cm³/mol. The zero-order valence-corrected chi connectivity index (χ0v) is 20.7. The van der Waals surface area contributed by atoms with Crippen LogP contribution >= 0.6 is 11.6 Å². The third-order valence-electron chi connectivity index (χ3n) is 6.45. The molecule has 0 radical (unpaired) electrons. The summed E-state index contributed by atoms with van der Waals surface area (Å²) in [5.41, 5.74) is -5.71. The van der Waals surface area contributed by atoms with Crippen LogP contribution in [0.1, 0.15) is 46.2 Å². The van der Waals surface area contributed by atoms with Gasteiger partial charge in [-0.2, -0.15) is 9.97 Å². The van der Waals surface area contributed by atoms with E-state index >= 15 is 0 Å². The largest absolute Gasteiger partial charge is 0.382 e. The summed E-state index contributed by atoms with van der Waals surface area (Å²) in [5, 5.41) is 33.2. The van der Waals surface area contributed by atoms with Gasteiger partial charge < -0.3 is 20.1 Å². The second-order valence-electron chi connectivity index (χ2n) is 8.71. The van der Waals surface area contributed by atoms with Crippen molar-refractivity contribution in [1.29, 1.82) is 0 Å². The summed E-state index contributed by atoms with van der Waals surface area (Å²) in [7, 11) is 0. The fourth-order valence-electron chi connectivity index (χ4n) is 4.59.